The number of nitrogens with one attached hydrogen (secondary N) is 2. The summed E-state index contributed by atoms with van der Waals surface area (Å²) in [6.07, 6.45) is 0. The van der Waals surface area contributed by atoms with Gasteiger partial charge < -0.3 is 15.4 Å². The van der Waals surface area contributed by atoms with Crippen molar-refractivity contribution < 1.29 is 9.53 Å². The van der Waals surface area contributed by atoms with Gasteiger partial charge in [0.2, 0.25) is 5.95 Å². The third-order valence-corrected chi connectivity index (χ3v) is 6.12. The molecule has 2 N–H and O–H groups in total. The molecule has 1 unspecified atom stereocenters. The number of amides is 1. The Labute approximate surface area is 204 Å². The van der Waals surface area contributed by atoms with Crippen LogP contribution in [0, 0.1) is 13.8 Å². The van der Waals surface area contributed by atoms with Gasteiger partial charge in [0.05, 0.1) is 18.4 Å². The Morgan fingerprint density at radius 1 is 0.971 bits per heavy atom. The number of nitrogens with zero attached hydrogens (tertiary/aromatic N) is 3. The van der Waals surface area contributed by atoms with Crippen LogP contribution in [0.25, 0.3) is 11.4 Å². The molecule has 4 aromatic rings. The number of methoxy groups -OCH3 is 1. The zero-order valence-electron chi connectivity index (χ0n) is 20.2. The maximum atomic E-state index is 13.7. The van der Waals surface area contributed by atoms with Crippen molar-refractivity contribution in [3.8, 4) is 17.1 Å². The summed E-state index contributed by atoms with van der Waals surface area (Å²) >= 11 is 0. The van der Waals surface area contributed by atoms with E-state index in [-0.39, 0.29) is 5.91 Å². The minimum absolute atomic E-state index is 0.232. The lowest BCUT2D eigenvalue weighted by molar-refractivity contribution is -0.113. The van der Waals surface area contributed by atoms with Gasteiger partial charge in [-0.05, 0) is 38.5 Å². The molecule has 1 atom stereocenters. The molecule has 0 fully saturated rings. The summed E-state index contributed by atoms with van der Waals surface area (Å²) in [4.78, 5) is 18.5. The number of aryl methyl sites for hydroxylation is 2. The van der Waals surface area contributed by atoms with E-state index in [1.807, 2.05) is 87.5 Å². The zero-order chi connectivity index (χ0) is 24.5. The Morgan fingerprint density at radius 3 is 2.49 bits per heavy atom. The summed E-state index contributed by atoms with van der Waals surface area (Å²) < 4.78 is 7.23. The second-order valence-electron chi connectivity index (χ2n) is 8.70. The monoisotopic (exact) mass is 465 g/mol. The fraction of sp³-hybridized carbons (Fsp3) is 0.179. The summed E-state index contributed by atoms with van der Waals surface area (Å²) in [5, 5.41) is 11.2. The van der Waals surface area contributed by atoms with Crippen molar-refractivity contribution in [2.24, 2.45) is 0 Å². The van der Waals surface area contributed by atoms with Crippen molar-refractivity contribution in [3.63, 3.8) is 0 Å². The van der Waals surface area contributed by atoms with Crippen LogP contribution in [0.2, 0.25) is 0 Å². The molecule has 1 amide bonds. The van der Waals surface area contributed by atoms with Gasteiger partial charge in [0, 0.05) is 11.3 Å². The molecule has 0 radical (unpaired) electrons. The first kappa shape index (κ1) is 22.4. The minimum atomic E-state index is -0.451. The van der Waals surface area contributed by atoms with Crippen LogP contribution in [0.3, 0.4) is 0 Å². The Bertz CT molecular complexity index is 1440. The Balaban J connectivity index is 1.60. The first-order valence-corrected chi connectivity index (χ1v) is 11.5. The number of fused-ring (bicyclic) bond motifs is 1. The van der Waals surface area contributed by atoms with Crippen molar-refractivity contribution in [1.29, 1.82) is 0 Å². The number of hydrogen-bond acceptors (Lipinski definition) is 5. The van der Waals surface area contributed by atoms with Gasteiger partial charge in [0.15, 0.2) is 5.82 Å². The summed E-state index contributed by atoms with van der Waals surface area (Å²) in [7, 11) is 1.58. The lowest BCUT2D eigenvalue weighted by Crippen LogP contribution is -2.31. The normalized spacial score (nSPS) is 14.8. The number of carbonyl (C=O) groups is 1. The summed E-state index contributed by atoms with van der Waals surface area (Å²) in [5.74, 6) is 1.56. The molecular weight excluding hydrogens is 438 g/mol. The SMILES string of the molecule is COc1ccccc1NC(=O)C1=C(C)Nc2nc(-c3ccc(C)cc3)nn2C1c1cccc(C)c1. The quantitative estimate of drug-likeness (QED) is 0.407. The van der Waals surface area contributed by atoms with Gasteiger partial charge in [-0.2, -0.15) is 4.98 Å². The molecule has 0 aliphatic carbocycles. The molecule has 0 saturated heterocycles. The van der Waals surface area contributed by atoms with Gasteiger partial charge in [0.1, 0.15) is 11.8 Å². The molecule has 3 aromatic carbocycles. The number of rotatable bonds is 5. The van der Waals surface area contributed by atoms with E-state index in [2.05, 4.69) is 16.7 Å². The number of hydrogen-bond donors (Lipinski definition) is 2. The van der Waals surface area contributed by atoms with Crippen LogP contribution in [-0.4, -0.2) is 27.8 Å². The van der Waals surface area contributed by atoms with Crippen molar-refractivity contribution in [2.45, 2.75) is 26.8 Å². The largest absolute Gasteiger partial charge is 0.495 e. The molecule has 5 rings (SSSR count). The van der Waals surface area contributed by atoms with Crippen LogP contribution >= 0.6 is 0 Å². The number of anilines is 2. The van der Waals surface area contributed by atoms with Crippen LogP contribution in [0.5, 0.6) is 5.75 Å². The van der Waals surface area contributed by atoms with Gasteiger partial charge >= 0.3 is 0 Å². The Hall–Kier alpha value is -4.39. The molecule has 0 spiro atoms. The van der Waals surface area contributed by atoms with Crippen LogP contribution in [0.1, 0.15) is 29.7 Å². The number of para-hydroxylation sites is 2. The van der Waals surface area contributed by atoms with E-state index in [1.165, 1.54) is 5.56 Å². The summed E-state index contributed by atoms with van der Waals surface area (Å²) in [6, 6.07) is 23.1. The number of carbonyl (C=O) groups excluding carboxylic acids is 1. The Kier molecular flexibility index (Phi) is 5.82. The van der Waals surface area contributed by atoms with Crippen LogP contribution < -0.4 is 15.4 Å². The van der Waals surface area contributed by atoms with E-state index < -0.39 is 6.04 Å². The highest BCUT2D eigenvalue weighted by molar-refractivity contribution is 6.06. The Morgan fingerprint density at radius 2 is 1.74 bits per heavy atom. The van der Waals surface area contributed by atoms with Crippen LogP contribution in [0.4, 0.5) is 11.6 Å². The maximum Gasteiger partial charge on any atom is 0.255 e. The lowest BCUT2D eigenvalue weighted by atomic mass is 9.94. The first-order chi connectivity index (χ1) is 16.9. The highest BCUT2D eigenvalue weighted by Crippen LogP contribution is 2.37. The minimum Gasteiger partial charge on any atom is -0.495 e. The van der Waals surface area contributed by atoms with Crippen LogP contribution in [-0.2, 0) is 4.79 Å². The van der Waals surface area contributed by atoms with E-state index in [0.29, 0.717) is 28.8 Å². The molecule has 35 heavy (non-hydrogen) atoms. The van der Waals surface area contributed by atoms with Crippen molar-refractivity contribution in [1.82, 2.24) is 14.8 Å². The fourth-order valence-electron chi connectivity index (χ4n) is 4.36. The molecule has 176 valence electrons. The third-order valence-electron chi connectivity index (χ3n) is 6.12. The second kappa shape index (κ2) is 9.10. The molecule has 0 bridgehead atoms. The maximum absolute atomic E-state index is 13.7. The average molecular weight is 466 g/mol. The highest BCUT2D eigenvalue weighted by atomic mass is 16.5. The molecule has 2 heterocycles. The topological polar surface area (TPSA) is 81.1 Å². The highest BCUT2D eigenvalue weighted by Gasteiger charge is 2.34. The molecule has 7 nitrogen and oxygen atoms in total. The number of benzene rings is 3. The smallest absolute Gasteiger partial charge is 0.255 e. The average Bonchev–Trinajstić information content (AvgIpc) is 3.27. The van der Waals surface area contributed by atoms with Crippen molar-refractivity contribution in [3.05, 3.63) is 101 Å². The molecule has 7 heteroatoms. The summed E-state index contributed by atoms with van der Waals surface area (Å²) in [6.45, 7) is 5.98. The van der Waals surface area contributed by atoms with Gasteiger partial charge in [0.25, 0.3) is 5.91 Å². The van der Waals surface area contributed by atoms with Gasteiger partial charge in [-0.1, -0.05) is 71.8 Å². The lowest BCUT2D eigenvalue weighted by Gasteiger charge is -2.29. The number of allylic oxidation sites excluding steroid dienone is 1. The van der Waals surface area contributed by atoms with Gasteiger partial charge in [-0.25, -0.2) is 4.68 Å². The van der Waals surface area contributed by atoms with Crippen molar-refractivity contribution >= 4 is 17.5 Å². The van der Waals surface area contributed by atoms with Gasteiger partial charge in [-0.3, -0.25) is 4.79 Å². The van der Waals surface area contributed by atoms with Gasteiger partial charge in [-0.15, -0.1) is 5.10 Å². The second-order valence-corrected chi connectivity index (χ2v) is 8.70. The fourth-order valence-corrected chi connectivity index (χ4v) is 4.36. The van der Waals surface area contributed by atoms with Crippen molar-refractivity contribution in [2.75, 3.05) is 17.7 Å². The van der Waals surface area contributed by atoms with E-state index in [1.54, 1.807) is 11.8 Å². The first-order valence-electron chi connectivity index (χ1n) is 11.5. The van der Waals surface area contributed by atoms with E-state index in [4.69, 9.17) is 14.8 Å². The third kappa shape index (κ3) is 4.28. The number of ether oxygens (including phenoxy) is 1. The summed E-state index contributed by atoms with van der Waals surface area (Å²) in [5.41, 5.74) is 6.03. The molecule has 1 aromatic heterocycles. The standard InChI is InChI=1S/C28H27N5O2/c1-17-12-14-20(15-13-17)26-31-28-29-19(3)24(27(34)30-22-10-5-6-11-23(22)35-4)25(33(28)32-26)21-9-7-8-18(2)16-21/h5-16,25H,1-4H3,(H,30,34)(H,29,31,32). The predicted molar refractivity (Wildman–Crippen MR) is 137 cm³/mol. The predicted octanol–water partition coefficient (Wildman–Crippen LogP) is 5.50. The molecule has 0 saturated carbocycles. The molecular formula is C28H27N5O2. The van der Waals surface area contributed by atoms with E-state index in [9.17, 15) is 4.79 Å². The van der Waals surface area contributed by atoms with Crippen LogP contribution in [0.15, 0.2) is 84.1 Å². The van der Waals surface area contributed by atoms with E-state index in [0.717, 1.165) is 22.4 Å². The van der Waals surface area contributed by atoms with E-state index >= 15 is 0 Å². The zero-order valence-corrected chi connectivity index (χ0v) is 20.2. The molecule has 1 aliphatic rings. The molecule has 1 aliphatic heterocycles. The number of aromatic nitrogens is 3.